The Morgan fingerprint density at radius 2 is 2.00 bits per heavy atom. The normalized spacial score (nSPS) is 17.6. The minimum atomic E-state index is 0. The molecule has 1 saturated heterocycles. The molecule has 88 valence electrons. The highest BCUT2D eigenvalue weighted by molar-refractivity contribution is 5.79. The molecule has 0 aromatic heterocycles. The molecular formula is C11H22N2O2. The lowest BCUT2D eigenvalue weighted by molar-refractivity contribution is -0.133. The lowest BCUT2D eigenvalue weighted by Crippen LogP contribution is -2.42. The Morgan fingerprint density at radius 1 is 1.40 bits per heavy atom. The quantitative estimate of drug-likeness (QED) is 0.762. The molecule has 1 N–H and O–H groups in total. The maximum atomic E-state index is 11.6. The zero-order valence-corrected chi connectivity index (χ0v) is 9.58. The molecule has 1 rings (SSSR count). The number of hydrogen-bond donors (Lipinski definition) is 1. The zero-order chi connectivity index (χ0) is 11.3. The Morgan fingerprint density at radius 3 is 2.47 bits per heavy atom. The number of nitrogens with one attached hydrogen (secondary N) is 1. The molecule has 1 heterocycles. The first-order valence-electron chi connectivity index (χ1n) is 5.68. The van der Waals surface area contributed by atoms with Gasteiger partial charge in [0.2, 0.25) is 11.8 Å². The molecule has 0 aromatic carbocycles. The van der Waals surface area contributed by atoms with E-state index in [1.807, 2.05) is 11.8 Å². The molecule has 0 aliphatic carbocycles. The first kappa shape index (κ1) is 12.0. The number of carbonyl (C=O) groups excluding carboxylic acids is 2. The summed E-state index contributed by atoms with van der Waals surface area (Å²) in [5, 5.41) is 2.90. The van der Waals surface area contributed by atoms with E-state index < -0.39 is 0 Å². The van der Waals surface area contributed by atoms with E-state index in [0.29, 0.717) is 0 Å². The van der Waals surface area contributed by atoms with Crippen molar-refractivity contribution in [1.82, 2.24) is 10.2 Å². The average molecular weight is 214 g/mol. The Kier molecular flexibility index (Phi) is 4.59. The fraction of sp³-hybridized carbons (Fsp3) is 0.818. The van der Waals surface area contributed by atoms with Gasteiger partial charge in [-0.2, -0.15) is 0 Å². The van der Waals surface area contributed by atoms with Gasteiger partial charge in [-0.05, 0) is 19.3 Å². The molecular weight excluding hydrogens is 192 g/mol. The van der Waals surface area contributed by atoms with Crippen LogP contribution in [0.4, 0.5) is 0 Å². The van der Waals surface area contributed by atoms with Crippen molar-refractivity contribution >= 4 is 11.8 Å². The topological polar surface area (TPSA) is 49.4 Å². The van der Waals surface area contributed by atoms with Gasteiger partial charge in [-0.3, -0.25) is 9.59 Å². The second-order valence-corrected chi connectivity index (χ2v) is 4.07. The largest absolute Gasteiger partial charge is 0.356 e. The van der Waals surface area contributed by atoms with Gasteiger partial charge in [-0.1, -0.05) is 6.92 Å². The first-order valence-corrected chi connectivity index (χ1v) is 5.68. The van der Waals surface area contributed by atoms with Gasteiger partial charge in [0.1, 0.15) is 0 Å². The Labute approximate surface area is 92.5 Å². The van der Waals surface area contributed by atoms with Crippen molar-refractivity contribution in [3.63, 3.8) is 0 Å². The molecule has 0 unspecified atom stereocenters. The maximum absolute atomic E-state index is 11.6. The van der Waals surface area contributed by atoms with Crippen LogP contribution < -0.4 is 5.32 Å². The van der Waals surface area contributed by atoms with E-state index in [4.69, 9.17) is 0 Å². The number of likely N-dealkylation sites (tertiary alicyclic amines) is 1. The number of piperidine rings is 1. The standard InChI is InChI=1S/C11H20N2O2.H2/c1-3-6-12-11(15)10-4-7-13(8-5-10)9(2)14;/h10H,3-8H2,1-2H3,(H,12,15);1H. The Balaban J connectivity index is 0.00000225. The molecule has 1 aliphatic rings. The second-order valence-electron chi connectivity index (χ2n) is 4.07. The summed E-state index contributed by atoms with van der Waals surface area (Å²) in [6.07, 6.45) is 2.57. The monoisotopic (exact) mass is 214 g/mol. The lowest BCUT2D eigenvalue weighted by atomic mass is 9.96. The van der Waals surface area contributed by atoms with Crippen LogP contribution in [0.15, 0.2) is 0 Å². The third-order valence-corrected chi connectivity index (χ3v) is 2.86. The third kappa shape index (κ3) is 3.53. The van der Waals surface area contributed by atoms with Crippen molar-refractivity contribution in [3.05, 3.63) is 0 Å². The number of hydrogen-bond acceptors (Lipinski definition) is 2. The van der Waals surface area contributed by atoms with Gasteiger partial charge in [0.15, 0.2) is 0 Å². The summed E-state index contributed by atoms with van der Waals surface area (Å²) in [6.45, 7) is 5.82. The Bertz CT molecular complexity index is 238. The van der Waals surface area contributed by atoms with E-state index in [0.717, 1.165) is 38.9 Å². The van der Waals surface area contributed by atoms with E-state index in [2.05, 4.69) is 5.32 Å². The molecule has 0 radical (unpaired) electrons. The van der Waals surface area contributed by atoms with Crippen molar-refractivity contribution in [2.24, 2.45) is 5.92 Å². The molecule has 4 heteroatoms. The first-order chi connectivity index (χ1) is 7.15. The average Bonchev–Trinajstić information content (AvgIpc) is 2.26. The molecule has 0 bridgehead atoms. The van der Waals surface area contributed by atoms with Crippen LogP contribution in [0.5, 0.6) is 0 Å². The highest BCUT2D eigenvalue weighted by Gasteiger charge is 2.25. The van der Waals surface area contributed by atoms with Crippen LogP contribution in [0, 0.1) is 5.92 Å². The van der Waals surface area contributed by atoms with Gasteiger partial charge in [0, 0.05) is 33.9 Å². The molecule has 0 atom stereocenters. The molecule has 15 heavy (non-hydrogen) atoms. The fourth-order valence-corrected chi connectivity index (χ4v) is 1.85. The van der Waals surface area contributed by atoms with E-state index in [9.17, 15) is 9.59 Å². The molecule has 2 amide bonds. The van der Waals surface area contributed by atoms with Crippen molar-refractivity contribution in [1.29, 1.82) is 0 Å². The molecule has 0 saturated carbocycles. The van der Waals surface area contributed by atoms with Gasteiger partial charge in [0.25, 0.3) is 0 Å². The number of nitrogens with zero attached hydrogens (tertiary/aromatic N) is 1. The molecule has 0 spiro atoms. The zero-order valence-electron chi connectivity index (χ0n) is 9.58. The predicted molar refractivity (Wildman–Crippen MR) is 60.4 cm³/mol. The van der Waals surface area contributed by atoms with Gasteiger partial charge < -0.3 is 10.2 Å². The van der Waals surface area contributed by atoms with Crippen molar-refractivity contribution in [3.8, 4) is 0 Å². The molecule has 4 nitrogen and oxygen atoms in total. The summed E-state index contributed by atoms with van der Waals surface area (Å²) in [6, 6.07) is 0. The minimum absolute atomic E-state index is 0. The van der Waals surface area contributed by atoms with Crippen LogP contribution in [0.25, 0.3) is 0 Å². The van der Waals surface area contributed by atoms with Crippen LogP contribution in [0.3, 0.4) is 0 Å². The van der Waals surface area contributed by atoms with Gasteiger partial charge in [0.05, 0.1) is 0 Å². The molecule has 1 aliphatic heterocycles. The number of rotatable bonds is 3. The smallest absolute Gasteiger partial charge is 0.223 e. The lowest BCUT2D eigenvalue weighted by Gasteiger charge is -2.30. The van der Waals surface area contributed by atoms with Gasteiger partial charge in [-0.25, -0.2) is 0 Å². The van der Waals surface area contributed by atoms with Gasteiger partial charge >= 0.3 is 0 Å². The van der Waals surface area contributed by atoms with E-state index in [1.54, 1.807) is 6.92 Å². The molecule has 0 aromatic rings. The molecule has 1 fully saturated rings. The number of carbonyl (C=O) groups is 2. The second kappa shape index (κ2) is 5.73. The number of amides is 2. The maximum Gasteiger partial charge on any atom is 0.223 e. The van der Waals surface area contributed by atoms with Crippen molar-refractivity contribution in [2.45, 2.75) is 33.1 Å². The van der Waals surface area contributed by atoms with Crippen LogP contribution in [-0.4, -0.2) is 36.3 Å². The summed E-state index contributed by atoms with van der Waals surface area (Å²) in [7, 11) is 0. The summed E-state index contributed by atoms with van der Waals surface area (Å²) >= 11 is 0. The Hall–Kier alpha value is -1.06. The van der Waals surface area contributed by atoms with Crippen molar-refractivity contribution in [2.75, 3.05) is 19.6 Å². The van der Waals surface area contributed by atoms with E-state index in [1.165, 1.54) is 0 Å². The fourth-order valence-electron chi connectivity index (χ4n) is 1.85. The SMILES string of the molecule is CCCNC(=O)C1CCN(C(C)=O)CC1.[HH]. The van der Waals surface area contributed by atoms with Gasteiger partial charge in [-0.15, -0.1) is 0 Å². The predicted octanol–water partition coefficient (Wildman–Crippen LogP) is 1.02. The summed E-state index contributed by atoms with van der Waals surface area (Å²) in [4.78, 5) is 24.5. The summed E-state index contributed by atoms with van der Waals surface area (Å²) in [5.41, 5.74) is 0. The van der Waals surface area contributed by atoms with Crippen LogP contribution in [0.1, 0.15) is 34.5 Å². The summed E-state index contributed by atoms with van der Waals surface area (Å²) in [5.74, 6) is 0.370. The van der Waals surface area contributed by atoms with Crippen LogP contribution >= 0.6 is 0 Å². The third-order valence-electron chi connectivity index (χ3n) is 2.86. The highest BCUT2D eigenvalue weighted by atomic mass is 16.2. The van der Waals surface area contributed by atoms with E-state index in [-0.39, 0.29) is 19.2 Å². The minimum Gasteiger partial charge on any atom is -0.356 e. The van der Waals surface area contributed by atoms with Crippen molar-refractivity contribution < 1.29 is 11.0 Å². The van der Waals surface area contributed by atoms with E-state index >= 15 is 0 Å². The van der Waals surface area contributed by atoms with Crippen LogP contribution in [-0.2, 0) is 9.59 Å². The highest BCUT2D eigenvalue weighted by Crippen LogP contribution is 2.17. The van der Waals surface area contributed by atoms with Crippen LogP contribution in [0.2, 0.25) is 0 Å². The summed E-state index contributed by atoms with van der Waals surface area (Å²) < 4.78 is 0.